The summed E-state index contributed by atoms with van der Waals surface area (Å²) in [4.78, 5) is 8.72. The van der Waals surface area contributed by atoms with Crippen molar-refractivity contribution in [3.8, 4) is 5.75 Å². The maximum absolute atomic E-state index is 6.03. The molecule has 1 atom stereocenters. The van der Waals surface area contributed by atoms with Crippen molar-refractivity contribution in [2.45, 2.75) is 13.0 Å². The normalized spacial score (nSPS) is 18.5. The van der Waals surface area contributed by atoms with Gasteiger partial charge in [0.05, 0.1) is 19.2 Å². The first-order valence-electron chi connectivity index (χ1n) is 7.06. The Morgan fingerprint density at radius 1 is 1.40 bits per heavy atom. The number of nitrogens with zero attached hydrogens (tertiary/aromatic N) is 3. The van der Waals surface area contributed by atoms with Crippen molar-refractivity contribution in [1.29, 1.82) is 0 Å². The van der Waals surface area contributed by atoms with Gasteiger partial charge in [-0.25, -0.2) is 0 Å². The van der Waals surface area contributed by atoms with E-state index in [4.69, 9.17) is 10.5 Å². The van der Waals surface area contributed by atoms with E-state index in [9.17, 15) is 0 Å². The van der Waals surface area contributed by atoms with E-state index in [0.717, 1.165) is 24.4 Å². The van der Waals surface area contributed by atoms with Gasteiger partial charge >= 0.3 is 0 Å². The highest BCUT2D eigenvalue weighted by Gasteiger charge is 2.29. The zero-order valence-corrected chi connectivity index (χ0v) is 12.5. The Balaban J connectivity index is 2.18. The fraction of sp³-hybridized carbons (Fsp3) is 0.533. The van der Waals surface area contributed by atoms with Gasteiger partial charge in [-0.1, -0.05) is 18.2 Å². The van der Waals surface area contributed by atoms with Crippen LogP contribution in [-0.2, 0) is 0 Å². The van der Waals surface area contributed by atoms with Crippen LogP contribution in [0.3, 0.4) is 0 Å². The highest BCUT2D eigenvalue weighted by molar-refractivity contribution is 5.80. The van der Waals surface area contributed by atoms with Crippen molar-refractivity contribution in [3.63, 3.8) is 0 Å². The number of hydrogen-bond donors (Lipinski definition) is 1. The van der Waals surface area contributed by atoms with Crippen molar-refractivity contribution in [2.24, 2.45) is 10.7 Å². The molecule has 1 heterocycles. The fourth-order valence-electron chi connectivity index (χ4n) is 2.42. The van der Waals surface area contributed by atoms with E-state index in [0.29, 0.717) is 19.1 Å². The third kappa shape index (κ3) is 3.22. The van der Waals surface area contributed by atoms with E-state index in [1.807, 2.05) is 25.1 Å². The summed E-state index contributed by atoms with van der Waals surface area (Å²) in [6, 6.07) is 8.33. The van der Waals surface area contributed by atoms with Gasteiger partial charge in [-0.05, 0) is 27.1 Å². The molecule has 2 rings (SSSR count). The van der Waals surface area contributed by atoms with E-state index < -0.39 is 0 Å². The summed E-state index contributed by atoms with van der Waals surface area (Å²) >= 11 is 0. The van der Waals surface area contributed by atoms with Crippen LogP contribution < -0.4 is 10.5 Å². The van der Waals surface area contributed by atoms with Crippen LogP contribution in [-0.4, -0.2) is 56.1 Å². The van der Waals surface area contributed by atoms with E-state index in [1.165, 1.54) is 0 Å². The van der Waals surface area contributed by atoms with E-state index >= 15 is 0 Å². The van der Waals surface area contributed by atoms with Gasteiger partial charge in [-0.2, -0.15) is 0 Å². The zero-order valence-electron chi connectivity index (χ0n) is 12.5. The lowest BCUT2D eigenvalue weighted by Crippen LogP contribution is -2.40. The van der Waals surface area contributed by atoms with Crippen LogP contribution in [0.15, 0.2) is 29.3 Å². The fourth-order valence-corrected chi connectivity index (χ4v) is 2.42. The molecule has 20 heavy (non-hydrogen) atoms. The summed E-state index contributed by atoms with van der Waals surface area (Å²) < 4.78 is 5.73. The number of hydrogen-bond acceptors (Lipinski definition) is 5. The summed E-state index contributed by atoms with van der Waals surface area (Å²) in [6.07, 6.45) is 0. The second-order valence-electron chi connectivity index (χ2n) is 5.18. The molecular weight excluding hydrogens is 252 g/mol. The van der Waals surface area contributed by atoms with E-state index in [1.54, 1.807) is 0 Å². The Morgan fingerprint density at radius 2 is 2.15 bits per heavy atom. The lowest BCUT2D eigenvalue weighted by Gasteiger charge is -2.28. The second-order valence-corrected chi connectivity index (χ2v) is 5.18. The van der Waals surface area contributed by atoms with Crippen LogP contribution >= 0.6 is 0 Å². The molecule has 110 valence electrons. The minimum Gasteiger partial charge on any atom is -0.494 e. The molecule has 0 bridgehead atoms. The molecule has 1 aliphatic rings. The summed E-state index contributed by atoms with van der Waals surface area (Å²) in [6.45, 7) is 5.18. The maximum Gasteiger partial charge on any atom is 0.191 e. The SMILES string of the molecule is CCOc1ccccc1C1CN=C(N)N1CCN(C)C. The Morgan fingerprint density at radius 3 is 2.85 bits per heavy atom. The third-order valence-electron chi connectivity index (χ3n) is 3.46. The number of rotatable bonds is 6. The minimum absolute atomic E-state index is 0.178. The molecule has 1 aromatic carbocycles. The average Bonchev–Trinajstić information content (AvgIpc) is 2.78. The Kier molecular flexibility index (Phi) is 4.84. The predicted octanol–water partition coefficient (Wildman–Crippen LogP) is 1.32. The highest BCUT2D eigenvalue weighted by atomic mass is 16.5. The van der Waals surface area contributed by atoms with Crippen molar-refractivity contribution in [3.05, 3.63) is 29.8 Å². The Labute approximate surface area is 121 Å². The first-order valence-corrected chi connectivity index (χ1v) is 7.06. The van der Waals surface area contributed by atoms with Crippen molar-refractivity contribution < 1.29 is 4.74 Å². The molecule has 0 spiro atoms. The molecule has 0 fully saturated rings. The molecule has 0 aromatic heterocycles. The Bertz CT molecular complexity index is 473. The summed E-state index contributed by atoms with van der Waals surface area (Å²) in [5, 5.41) is 0. The van der Waals surface area contributed by atoms with Gasteiger partial charge in [0.2, 0.25) is 0 Å². The largest absolute Gasteiger partial charge is 0.494 e. The zero-order chi connectivity index (χ0) is 14.5. The molecule has 1 unspecified atom stereocenters. The van der Waals surface area contributed by atoms with Crippen LogP contribution in [0, 0.1) is 0 Å². The summed E-state index contributed by atoms with van der Waals surface area (Å²) in [5.74, 6) is 1.56. The molecular formula is C15H24N4O. The summed E-state index contributed by atoms with van der Waals surface area (Å²) in [7, 11) is 4.12. The number of nitrogens with two attached hydrogens (primary N) is 1. The molecule has 0 saturated carbocycles. The van der Waals surface area contributed by atoms with Crippen molar-refractivity contribution >= 4 is 5.96 Å². The molecule has 0 amide bonds. The minimum atomic E-state index is 0.178. The topological polar surface area (TPSA) is 54.1 Å². The van der Waals surface area contributed by atoms with Gasteiger partial charge in [0, 0.05) is 18.7 Å². The van der Waals surface area contributed by atoms with Gasteiger partial charge in [-0.3, -0.25) is 4.99 Å². The van der Waals surface area contributed by atoms with Gasteiger partial charge in [-0.15, -0.1) is 0 Å². The average molecular weight is 276 g/mol. The first kappa shape index (κ1) is 14.7. The van der Waals surface area contributed by atoms with Crippen LogP contribution in [0.1, 0.15) is 18.5 Å². The summed E-state index contributed by atoms with van der Waals surface area (Å²) in [5.41, 5.74) is 7.20. The van der Waals surface area contributed by atoms with Gasteiger partial charge in [0.15, 0.2) is 5.96 Å². The number of benzene rings is 1. The monoisotopic (exact) mass is 276 g/mol. The first-order chi connectivity index (χ1) is 9.63. The molecule has 2 N–H and O–H groups in total. The van der Waals surface area contributed by atoms with Gasteiger partial charge in [0.25, 0.3) is 0 Å². The third-order valence-corrected chi connectivity index (χ3v) is 3.46. The quantitative estimate of drug-likeness (QED) is 0.851. The maximum atomic E-state index is 6.03. The molecule has 1 aromatic rings. The van der Waals surface area contributed by atoms with E-state index in [2.05, 4.69) is 35.0 Å². The molecule has 0 aliphatic carbocycles. The molecule has 1 aliphatic heterocycles. The smallest absolute Gasteiger partial charge is 0.191 e. The highest BCUT2D eigenvalue weighted by Crippen LogP contribution is 2.32. The lowest BCUT2D eigenvalue weighted by atomic mass is 10.0. The lowest BCUT2D eigenvalue weighted by molar-refractivity contribution is 0.280. The van der Waals surface area contributed by atoms with Gasteiger partial charge in [0.1, 0.15) is 5.75 Å². The van der Waals surface area contributed by atoms with Crippen molar-refractivity contribution in [2.75, 3.05) is 40.3 Å². The molecule has 5 heteroatoms. The van der Waals surface area contributed by atoms with Gasteiger partial charge < -0.3 is 20.3 Å². The number of aliphatic imine (C=N–C) groups is 1. The predicted molar refractivity (Wildman–Crippen MR) is 82.1 cm³/mol. The number of likely N-dealkylation sites (N-methyl/N-ethyl adjacent to an activating group) is 1. The number of para-hydroxylation sites is 1. The standard InChI is InChI=1S/C15H24N4O/c1-4-20-14-8-6-5-7-12(14)13-11-17-15(16)19(13)10-9-18(2)3/h5-8,13H,4,9-11H2,1-3H3,(H2,16,17). The Hall–Kier alpha value is -1.75. The number of ether oxygens (including phenoxy) is 1. The second kappa shape index (κ2) is 6.61. The molecule has 0 radical (unpaired) electrons. The molecule has 5 nitrogen and oxygen atoms in total. The molecule has 0 saturated heterocycles. The van der Waals surface area contributed by atoms with Crippen LogP contribution in [0.2, 0.25) is 0 Å². The van der Waals surface area contributed by atoms with Crippen molar-refractivity contribution in [1.82, 2.24) is 9.80 Å². The van der Waals surface area contributed by atoms with Crippen LogP contribution in [0.4, 0.5) is 0 Å². The van der Waals surface area contributed by atoms with Crippen LogP contribution in [0.25, 0.3) is 0 Å². The van der Waals surface area contributed by atoms with Crippen LogP contribution in [0.5, 0.6) is 5.75 Å². The number of guanidine groups is 1. The van der Waals surface area contributed by atoms with E-state index in [-0.39, 0.29) is 6.04 Å².